The maximum absolute atomic E-state index is 6.07. The Labute approximate surface area is 174 Å². The molecular weight excluding hydrogens is 368 g/mol. The normalized spacial score (nSPS) is 12.4. The molecule has 1 aliphatic rings. The van der Waals surface area contributed by atoms with Crippen LogP contribution in [0.15, 0.2) is 95.4 Å². The van der Waals surface area contributed by atoms with E-state index >= 15 is 0 Å². The van der Waals surface area contributed by atoms with Crippen LogP contribution in [-0.2, 0) is 6.42 Å². The molecule has 1 aliphatic carbocycles. The van der Waals surface area contributed by atoms with Crippen LogP contribution in [0.25, 0.3) is 50.9 Å². The lowest BCUT2D eigenvalue weighted by Crippen LogP contribution is -1.96. The third-order valence-electron chi connectivity index (χ3n) is 5.54. The van der Waals surface area contributed by atoms with Gasteiger partial charge in [0.15, 0.2) is 5.82 Å². The second kappa shape index (κ2) is 6.82. The summed E-state index contributed by atoms with van der Waals surface area (Å²) in [4.78, 5) is 9.87. The molecule has 0 saturated heterocycles. The van der Waals surface area contributed by atoms with Crippen LogP contribution in [-0.4, -0.2) is 9.97 Å². The van der Waals surface area contributed by atoms with Gasteiger partial charge in [-0.25, -0.2) is 9.97 Å². The highest BCUT2D eigenvalue weighted by Gasteiger charge is 2.20. The van der Waals surface area contributed by atoms with E-state index in [1.54, 1.807) is 0 Å². The Morgan fingerprint density at radius 3 is 2.23 bits per heavy atom. The summed E-state index contributed by atoms with van der Waals surface area (Å²) in [6, 6.07) is 28.7. The van der Waals surface area contributed by atoms with Gasteiger partial charge < -0.3 is 4.42 Å². The van der Waals surface area contributed by atoms with Crippen LogP contribution in [0.1, 0.15) is 11.3 Å². The zero-order valence-corrected chi connectivity index (χ0v) is 16.2. The number of hydrogen-bond donors (Lipinski definition) is 0. The van der Waals surface area contributed by atoms with Crippen molar-refractivity contribution in [3.63, 3.8) is 0 Å². The average Bonchev–Trinajstić information content (AvgIpc) is 3.41. The predicted molar refractivity (Wildman–Crippen MR) is 121 cm³/mol. The van der Waals surface area contributed by atoms with Crippen molar-refractivity contribution in [1.82, 2.24) is 9.97 Å². The first kappa shape index (κ1) is 16.9. The molecule has 0 unspecified atom stereocenters. The zero-order chi connectivity index (χ0) is 19.9. The molecule has 30 heavy (non-hydrogen) atoms. The van der Waals surface area contributed by atoms with Crippen molar-refractivity contribution in [1.29, 1.82) is 0 Å². The lowest BCUT2D eigenvalue weighted by molar-refractivity contribution is 0.603. The molecule has 0 amide bonds. The van der Waals surface area contributed by atoms with Crippen LogP contribution in [0.4, 0.5) is 0 Å². The monoisotopic (exact) mass is 386 g/mol. The van der Waals surface area contributed by atoms with E-state index in [-0.39, 0.29) is 0 Å². The summed E-state index contributed by atoms with van der Waals surface area (Å²) in [6.45, 7) is 0. The number of nitrogens with zero attached hydrogens (tertiary/aromatic N) is 2. The third kappa shape index (κ3) is 2.75. The Kier molecular flexibility index (Phi) is 3.85. The Hall–Kier alpha value is -3.98. The van der Waals surface area contributed by atoms with Gasteiger partial charge in [0, 0.05) is 27.6 Å². The lowest BCUT2D eigenvalue weighted by atomic mass is 10.0. The van der Waals surface area contributed by atoms with E-state index in [1.165, 1.54) is 5.56 Å². The van der Waals surface area contributed by atoms with Gasteiger partial charge in [0.2, 0.25) is 0 Å². The van der Waals surface area contributed by atoms with Crippen molar-refractivity contribution in [2.75, 3.05) is 0 Å². The zero-order valence-electron chi connectivity index (χ0n) is 16.2. The Morgan fingerprint density at radius 2 is 1.43 bits per heavy atom. The summed E-state index contributed by atoms with van der Waals surface area (Å²) < 4.78 is 6.07. The number of aromatic nitrogens is 2. The second-order valence-electron chi connectivity index (χ2n) is 7.42. The topological polar surface area (TPSA) is 38.9 Å². The molecule has 2 heterocycles. The van der Waals surface area contributed by atoms with Crippen molar-refractivity contribution in [3.05, 3.63) is 102 Å². The van der Waals surface area contributed by atoms with Crippen molar-refractivity contribution >= 4 is 17.0 Å². The van der Waals surface area contributed by atoms with E-state index in [0.717, 1.165) is 57.1 Å². The molecule has 3 nitrogen and oxygen atoms in total. The molecule has 0 aliphatic heterocycles. The molecule has 142 valence electrons. The largest absolute Gasteiger partial charge is 0.456 e. The third-order valence-corrected chi connectivity index (χ3v) is 5.54. The minimum absolute atomic E-state index is 0.724. The highest BCUT2D eigenvalue weighted by molar-refractivity contribution is 5.99. The minimum Gasteiger partial charge on any atom is -0.456 e. The summed E-state index contributed by atoms with van der Waals surface area (Å²) in [5.41, 5.74) is 7.12. The van der Waals surface area contributed by atoms with Crippen LogP contribution in [0.2, 0.25) is 0 Å². The molecule has 3 heteroatoms. The smallest absolute Gasteiger partial charge is 0.160 e. The predicted octanol–water partition coefficient (Wildman–Crippen LogP) is 6.79. The van der Waals surface area contributed by atoms with Gasteiger partial charge in [0.05, 0.1) is 11.4 Å². The molecule has 0 spiro atoms. The second-order valence-corrected chi connectivity index (χ2v) is 7.42. The van der Waals surface area contributed by atoms with Gasteiger partial charge in [-0.2, -0.15) is 0 Å². The maximum atomic E-state index is 6.07. The van der Waals surface area contributed by atoms with E-state index in [4.69, 9.17) is 14.4 Å². The summed E-state index contributed by atoms with van der Waals surface area (Å²) in [5, 5.41) is 1.15. The van der Waals surface area contributed by atoms with Crippen LogP contribution >= 0.6 is 0 Å². The Morgan fingerprint density at radius 1 is 0.700 bits per heavy atom. The van der Waals surface area contributed by atoms with E-state index < -0.39 is 0 Å². The molecule has 6 rings (SSSR count). The van der Waals surface area contributed by atoms with Gasteiger partial charge in [-0.3, -0.25) is 0 Å². The van der Waals surface area contributed by atoms with Crippen molar-refractivity contribution in [2.24, 2.45) is 0 Å². The first-order valence-corrected chi connectivity index (χ1v) is 10.1. The highest BCUT2D eigenvalue weighted by atomic mass is 16.3. The number of furan rings is 1. The van der Waals surface area contributed by atoms with Crippen LogP contribution < -0.4 is 0 Å². The lowest BCUT2D eigenvalue weighted by Gasteiger charge is -2.10. The Bertz CT molecular complexity index is 1340. The molecule has 3 aromatic carbocycles. The van der Waals surface area contributed by atoms with E-state index in [2.05, 4.69) is 36.4 Å². The first-order chi connectivity index (χ1) is 14.9. The number of fused-ring (bicyclic) bond motifs is 3. The molecule has 0 bridgehead atoms. The van der Waals surface area contributed by atoms with Crippen molar-refractivity contribution < 1.29 is 4.42 Å². The molecule has 0 radical (unpaired) electrons. The summed E-state index contributed by atoms with van der Waals surface area (Å²) in [6.07, 6.45) is 5.10. The van der Waals surface area contributed by atoms with Gasteiger partial charge in [-0.05, 0) is 24.6 Å². The maximum Gasteiger partial charge on any atom is 0.160 e. The van der Waals surface area contributed by atoms with Gasteiger partial charge >= 0.3 is 0 Å². The van der Waals surface area contributed by atoms with E-state index in [1.807, 2.05) is 60.7 Å². The molecule has 2 aromatic heterocycles. The quantitative estimate of drug-likeness (QED) is 0.342. The molecule has 0 atom stereocenters. The van der Waals surface area contributed by atoms with E-state index in [9.17, 15) is 0 Å². The number of rotatable bonds is 3. The summed E-state index contributed by atoms with van der Waals surface area (Å²) >= 11 is 0. The highest BCUT2D eigenvalue weighted by Crippen LogP contribution is 2.38. The van der Waals surface area contributed by atoms with Gasteiger partial charge in [0.1, 0.15) is 11.3 Å². The number of allylic oxidation sites excluding steroid dienone is 1. The molecule has 5 aromatic rings. The Balaban J connectivity index is 1.62. The van der Waals surface area contributed by atoms with Crippen LogP contribution in [0.5, 0.6) is 0 Å². The number of benzene rings is 3. The molecule has 0 N–H and O–H groups in total. The van der Waals surface area contributed by atoms with Gasteiger partial charge in [-0.1, -0.05) is 78.9 Å². The SMILES string of the molecule is C1=Cc2oc3cccc(-c4cc(-c5ccccc5)nc(-c5ccccc5)n4)c3c2C1. The molecular formula is C27H18N2O. The number of hydrogen-bond acceptors (Lipinski definition) is 3. The minimum atomic E-state index is 0.724. The van der Waals surface area contributed by atoms with Crippen molar-refractivity contribution in [3.8, 4) is 33.9 Å². The van der Waals surface area contributed by atoms with Gasteiger partial charge in [-0.15, -0.1) is 0 Å². The summed E-state index contributed by atoms with van der Waals surface area (Å²) in [5.74, 6) is 1.68. The fourth-order valence-electron chi connectivity index (χ4n) is 4.12. The van der Waals surface area contributed by atoms with Gasteiger partial charge in [0.25, 0.3) is 0 Å². The van der Waals surface area contributed by atoms with Crippen molar-refractivity contribution in [2.45, 2.75) is 6.42 Å². The molecule has 0 fully saturated rings. The fraction of sp³-hybridized carbons (Fsp3) is 0.0370. The van der Waals surface area contributed by atoms with E-state index in [0.29, 0.717) is 0 Å². The average molecular weight is 386 g/mol. The van der Waals surface area contributed by atoms with Crippen LogP contribution in [0.3, 0.4) is 0 Å². The van der Waals surface area contributed by atoms with Crippen LogP contribution in [0, 0.1) is 0 Å². The first-order valence-electron chi connectivity index (χ1n) is 10.1. The standard InChI is InChI=1S/C27H18N2O/c1-3-9-18(10-4-1)22-17-23(29-27(28-22)19-11-5-2-6-12-19)20-13-7-16-25-26(20)21-14-8-15-24(21)30-25/h1-13,15-17H,14H2. The fourth-order valence-corrected chi connectivity index (χ4v) is 4.12. The molecule has 0 saturated carbocycles. The summed E-state index contributed by atoms with van der Waals surface area (Å²) in [7, 11) is 0.